The Bertz CT molecular complexity index is 875. The summed E-state index contributed by atoms with van der Waals surface area (Å²) in [7, 11) is 0. The normalized spacial score (nSPS) is 21.6. The highest BCUT2D eigenvalue weighted by Crippen LogP contribution is 2.34. The molecule has 8 heteroatoms. The molecule has 1 fully saturated rings. The first-order chi connectivity index (χ1) is 13.4. The van der Waals surface area contributed by atoms with E-state index in [0.717, 1.165) is 4.90 Å². The van der Waals surface area contributed by atoms with Gasteiger partial charge in [-0.3, -0.25) is 24.1 Å². The number of carbonyl (C=O) groups is 4. The quantitative estimate of drug-likeness (QED) is 0.468. The Hall–Kier alpha value is -3.47. The highest BCUT2D eigenvalue weighted by Gasteiger charge is 2.47. The van der Waals surface area contributed by atoms with Crippen molar-refractivity contribution in [2.75, 3.05) is 11.9 Å². The molecule has 3 atom stereocenters. The van der Waals surface area contributed by atoms with Crippen LogP contribution in [-0.4, -0.2) is 41.2 Å². The van der Waals surface area contributed by atoms with Gasteiger partial charge in [-0.15, -0.1) is 0 Å². The molecule has 144 valence electrons. The topological polar surface area (TPSA) is 117 Å². The number of nitriles is 1. The van der Waals surface area contributed by atoms with Crippen LogP contribution in [0.1, 0.15) is 25.3 Å². The molecule has 0 spiro atoms. The van der Waals surface area contributed by atoms with Gasteiger partial charge in [0.15, 0.2) is 6.10 Å². The number of benzene rings is 1. The number of esters is 1. The molecule has 3 amide bonds. The number of allylic oxidation sites excluding steroid dienone is 2. The molecule has 1 aromatic rings. The number of nitrogens with zero attached hydrogens (tertiary/aromatic N) is 2. The van der Waals surface area contributed by atoms with Crippen LogP contribution >= 0.6 is 0 Å². The van der Waals surface area contributed by atoms with Crippen molar-refractivity contribution in [3.63, 3.8) is 0 Å². The lowest BCUT2D eigenvalue weighted by Gasteiger charge is -2.17. The van der Waals surface area contributed by atoms with Gasteiger partial charge >= 0.3 is 5.97 Å². The summed E-state index contributed by atoms with van der Waals surface area (Å²) in [5, 5.41) is 11.4. The predicted octanol–water partition coefficient (Wildman–Crippen LogP) is 1.38. The second kappa shape index (κ2) is 8.05. The van der Waals surface area contributed by atoms with Crippen molar-refractivity contribution < 1.29 is 23.9 Å². The first kappa shape index (κ1) is 19.3. The Labute approximate surface area is 161 Å². The average molecular weight is 381 g/mol. The molecule has 1 saturated heterocycles. The zero-order valence-electron chi connectivity index (χ0n) is 15.3. The lowest BCUT2D eigenvalue weighted by atomic mass is 9.85. The fourth-order valence-electron chi connectivity index (χ4n) is 3.35. The van der Waals surface area contributed by atoms with Gasteiger partial charge in [-0.05, 0) is 38.0 Å². The van der Waals surface area contributed by atoms with E-state index in [2.05, 4.69) is 5.32 Å². The molecule has 0 radical (unpaired) electrons. The third-order valence-electron chi connectivity index (χ3n) is 4.82. The van der Waals surface area contributed by atoms with Gasteiger partial charge in [0.05, 0.1) is 23.5 Å². The highest BCUT2D eigenvalue weighted by molar-refractivity contribution is 6.07. The summed E-state index contributed by atoms with van der Waals surface area (Å²) in [6, 6.07) is 8.26. The molecule has 1 N–H and O–H groups in total. The van der Waals surface area contributed by atoms with Gasteiger partial charge in [0.1, 0.15) is 6.54 Å². The maximum Gasteiger partial charge on any atom is 0.326 e. The van der Waals surface area contributed by atoms with E-state index in [-0.39, 0.29) is 11.8 Å². The molecule has 8 nitrogen and oxygen atoms in total. The number of hydrogen-bond acceptors (Lipinski definition) is 6. The summed E-state index contributed by atoms with van der Waals surface area (Å²) in [5.74, 6) is -3.00. The minimum Gasteiger partial charge on any atom is -0.451 e. The number of ether oxygens (including phenoxy) is 1. The first-order valence-electron chi connectivity index (χ1n) is 8.91. The molecule has 0 aromatic heterocycles. The van der Waals surface area contributed by atoms with Crippen LogP contribution in [0.25, 0.3) is 0 Å². The smallest absolute Gasteiger partial charge is 0.326 e. The van der Waals surface area contributed by atoms with Gasteiger partial charge in [-0.2, -0.15) is 5.26 Å². The molecule has 0 saturated carbocycles. The van der Waals surface area contributed by atoms with Crippen LogP contribution in [0.15, 0.2) is 36.4 Å². The maximum atomic E-state index is 12.4. The Morgan fingerprint density at radius 1 is 1.25 bits per heavy atom. The van der Waals surface area contributed by atoms with E-state index in [1.54, 1.807) is 18.2 Å². The third kappa shape index (κ3) is 3.93. The zero-order chi connectivity index (χ0) is 20.3. The number of carbonyl (C=O) groups excluding carboxylic acids is 4. The molecular formula is C20H19N3O5. The molecule has 2 aliphatic rings. The number of imide groups is 1. The van der Waals surface area contributed by atoms with Crippen LogP contribution in [0.3, 0.4) is 0 Å². The molecule has 1 aliphatic heterocycles. The van der Waals surface area contributed by atoms with Crippen LogP contribution in [0, 0.1) is 23.2 Å². The Morgan fingerprint density at radius 3 is 2.50 bits per heavy atom. The van der Waals surface area contributed by atoms with E-state index in [9.17, 15) is 19.2 Å². The van der Waals surface area contributed by atoms with Crippen LogP contribution < -0.4 is 5.32 Å². The van der Waals surface area contributed by atoms with Gasteiger partial charge in [-0.25, -0.2) is 0 Å². The fourth-order valence-corrected chi connectivity index (χ4v) is 3.35. The van der Waals surface area contributed by atoms with Crippen LogP contribution in [0.4, 0.5) is 5.69 Å². The lowest BCUT2D eigenvalue weighted by molar-refractivity contribution is -0.158. The summed E-state index contributed by atoms with van der Waals surface area (Å²) in [5.41, 5.74) is 0.776. The number of hydrogen-bond donors (Lipinski definition) is 1. The molecule has 1 aliphatic carbocycles. The van der Waals surface area contributed by atoms with E-state index < -0.39 is 36.4 Å². The molecular weight excluding hydrogens is 362 g/mol. The molecule has 3 rings (SSSR count). The third-order valence-corrected chi connectivity index (χ3v) is 4.82. The number of anilines is 1. The second-order valence-corrected chi connectivity index (χ2v) is 6.73. The van der Waals surface area contributed by atoms with Crippen molar-refractivity contribution in [3.8, 4) is 6.07 Å². The largest absolute Gasteiger partial charge is 0.451 e. The summed E-state index contributed by atoms with van der Waals surface area (Å²) < 4.78 is 5.08. The van der Waals surface area contributed by atoms with Crippen molar-refractivity contribution in [2.45, 2.75) is 25.9 Å². The molecule has 0 unspecified atom stereocenters. The maximum absolute atomic E-state index is 12.4. The van der Waals surface area contributed by atoms with Crippen LogP contribution in [0.5, 0.6) is 0 Å². The van der Waals surface area contributed by atoms with E-state index in [1.807, 2.05) is 18.2 Å². The molecule has 1 heterocycles. The average Bonchev–Trinajstić information content (AvgIpc) is 2.93. The minimum atomic E-state index is -1.13. The monoisotopic (exact) mass is 381 g/mol. The van der Waals surface area contributed by atoms with Gasteiger partial charge in [0.25, 0.3) is 5.91 Å². The standard InChI is InChI=1S/C20H19N3O5/c1-12(18(25)22-14-6-4-5-13(9-14)10-21)28-17(24)11-23-19(26)15-7-2-3-8-16(15)20(23)27/h2-6,9,12,15-16H,7-8,11H2,1H3,(H,22,25)/t12-,15-,16+/m1/s1. The van der Waals surface area contributed by atoms with Crippen molar-refractivity contribution >= 4 is 29.4 Å². The van der Waals surface area contributed by atoms with E-state index >= 15 is 0 Å². The van der Waals surface area contributed by atoms with E-state index in [0.29, 0.717) is 24.1 Å². The van der Waals surface area contributed by atoms with Crippen molar-refractivity contribution in [2.24, 2.45) is 11.8 Å². The fraction of sp³-hybridized carbons (Fsp3) is 0.350. The minimum absolute atomic E-state index is 0.373. The molecule has 1 aromatic carbocycles. The Kier molecular flexibility index (Phi) is 5.54. The molecule has 28 heavy (non-hydrogen) atoms. The van der Waals surface area contributed by atoms with Gasteiger partial charge in [-0.1, -0.05) is 18.2 Å². The zero-order valence-corrected chi connectivity index (χ0v) is 15.3. The summed E-state index contributed by atoms with van der Waals surface area (Å²) in [6.45, 7) is 0.880. The number of fused-ring (bicyclic) bond motifs is 1. The van der Waals surface area contributed by atoms with Gasteiger partial charge in [0.2, 0.25) is 11.8 Å². The first-order valence-corrected chi connectivity index (χ1v) is 8.91. The van der Waals surface area contributed by atoms with Gasteiger partial charge < -0.3 is 10.1 Å². The number of likely N-dealkylation sites (tertiary alicyclic amines) is 1. The van der Waals surface area contributed by atoms with Gasteiger partial charge in [0, 0.05) is 5.69 Å². The summed E-state index contributed by atoms with van der Waals surface area (Å²) in [4.78, 5) is 50.0. The van der Waals surface area contributed by atoms with Crippen molar-refractivity contribution in [3.05, 3.63) is 42.0 Å². The Morgan fingerprint density at radius 2 is 1.89 bits per heavy atom. The predicted molar refractivity (Wildman–Crippen MR) is 97.4 cm³/mol. The van der Waals surface area contributed by atoms with E-state index in [1.165, 1.54) is 13.0 Å². The second-order valence-electron chi connectivity index (χ2n) is 6.73. The molecule has 0 bridgehead atoms. The van der Waals surface area contributed by atoms with Crippen LogP contribution in [-0.2, 0) is 23.9 Å². The van der Waals surface area contributed by atoms with Crippen LogP contribution in [0.2, 0.25) is 0 Å². The SMILES string of the molecule is C[C@@H](OC(=O)CN1C(=O)[C@H]2CC=CC[C@H]2C1=O)C(=O)Nc1cccc(C#N)c1. The Balaban J connectivity index is 1.55. The number of amides is 3. The summed E-state index contributed by atoms with van der Waals surface area (Å²) in [6.07, 6.45) is 3.57. The summed E-state index contributed by atoms with van der Waals surface area (Å²) >= 11 is 0. The number of rotatable bonds is 5. The lowest BCUT2D eigenvalue weighted by Crippen LogP contribution is -2.39. The van der Waals surface area contributed by atoms with E-state index in [4.69, 9.17) is 10.00 Å². The highest BCUT2D eigenvalue weighted by atomic mass is 16.5. The van der Waals surface area contributed by atoms with Crippen molar-refractivity contribution in [1.29, 1.82) is 5.26 Å². The number of nitrogens with one attached hydrogen (secondary N) is 1. The van der Waals surface area contributed by atoms with Crippen molar-refractivity contribution in [1.82, 2.24) is 4.90 Å².